The third-order valence-electron chi connectivity index (χ3n) is 5.37. The lowest BCUT2D eigenvalue weighted by molar-refractivity contribution is -0.123. The van der Waals surface area contributed by atoms with E-state index in [1.807, 2.05) is 12.2 Å². The van der Waals surface area contributed by atoms with Gasteiger partial charge in [0.15, 0.2) is 0 Å². The van der Waals surface area contributed by atoms with Crippen LogP contribution in [0.1, 0.15) is 103 Å². The van der Waals surface area contributed by atoms with Crippen LogP contribution in [-0.4, -0.2) is 25.4 Å². The number of hydrogen-bond donors (Lipinski definition) is 0. The van der Waals surface area contributed by atoms with Gasteiger partial charge in [-0.25, -0.2) is 0 Å². The zero-order chi connectivity index (χ0) is 18.7. The topological polar surface area (TPSA) is 18.5 Å². The standard InChI is InChI=1S/C24H44O2/c1-3-5-7-8-9-10-11-12-13-14-15-16-17-18-20-24-23(19-6-4-2)25-21-22-26-24/h4,6,19,23-24H,2-3,5,7-18,20-22H2,1H3/b19-6+/t23-,24+/m1/s1. The third-order valence-corrected chi connectivity index (χ3v) is 5.37. The Morgan fingerprint density at radius 3 is 1.77 bits per heavy atom. The first-order valence-corrected chi connectivity index (χ1v) is 11.4. The Hall–Kier alpha value is -0.600. The van der Waals surface area contributed by atoms with E-state index in [4.69, 9.17) is 9.47 Å². The predicted octanol–water partition coefficient (Wildman–Crippen LogP) is 7.38. The van der Waals surface area contributed by atoms with Crippen molar-refractivity contribution in [1.29, 1.82) is 0 Å². The summed E-state index contributed by atoms with van der Waals surface area (Å²) in [6, 6.07) is 0. The molecule has 0 aromatic carbocycles. The quantitative estimate of drug-likeness (QED) is 0.198. The van der Waals surface area contributed by atoms with Gasteiger partial charge < -0.3 is 9.47 Å². The number of allylic oxidation sites excluding steroid dienone is 2. The van der Waals surface area contributed by atoms with Gasteiger partial charge in [0.25, 0.3) is 0 Å². The molecule has 1 fully saturated rings. The Labute approximate surface area is 163 Å². The molecule has 0 bridgehead atoms. The van der Waals surface area contributed by atoms with Crippen LogP contribution in [0.3, 0.4) is 0 Å². The zero-order valence-electron chi connectivity index (χ0n) is 17.4. The maximum Gasteiger partial charge on any atom is 0.102 e. The smallest absolute Gasteiger partial charge is 0.102 e. The van der Waals surface area contributed by atoms with Crippen LogP contribution in [0.4, 0.5) is 0 Å². The van der Waals surface area contributed by atoms with Crippen LogP contribution in [0.25, 0.3) is 0 Å². The van der Waals surface area contributed by atoms with Crippen LogP contribution in [0.15, 0.2) is 24.8 Å². The van der Waals surface area contributed by atoms with Crippen molar-refractivity contribution in [2.45, 2.75) is 115 Å². The highest BCUT2D eigenvalue weighted by molar-refractivity contribution is 5.03. The van der Waals surface area contributed by atoms with Gasteiger partial charge in [-0.3, -0.25) is 0 Å². The van der Waals surface area contributed by atoms with Gasteiger partial charge >= 0.3 is 0 Å². The van der Waals surface area contributed by atoms with E-state index in [0.717, 1.165) is 13.0 Å². The van der Waals surface area contributed by atoms with E-state index in [9.17, 15) is 0 Å². The van der Waals surface area contributed by atoms with Crippen LogP contribution in [0.5, 0.6) is 0 Å². The first-order valence-electron chi connectivity index (χ1n) is 11.4. The number of unbranched alkanes of at least 4 members (excludes halogenated alkanes) is 13. The van der Waals surface area contributed by atoms with E-state index >= 15 is 0 Å². The molecule has 0 amide bonds. The predicted molar refractivity (Wildman–Crippen MR) is 114 cm³/mol. The molecule has 0 radical (unpaired) electrons. The van der Waals surface area contributed by atoms with Crippen LogP contribution < -0.4 is 0 Å². The second kappa shape index (κ2) is 17.8. The average Bonchev–Trinajstić information content (AvgIpc) is 2.67. The molecule has 0 aliphatic carbocycles. The first-order chi connectivity index (χ1) is 12.9. The van der Waals surface area contributed by atoms with Crippen molar-refractivity contribution in [1.82, 2.24) is 0 Å². The molecule has 0 saturated carbocycles. The first kappa shape index (κ1) is 23.4. The normalized spacial score (nSPS) is 20.7. The fourth-order valence-corrected chi connectivity index (χ4v) is 3.74. The number of hydrogen-bond acceptors (Lipinski definition) is 2. The molecule has 0 unspecified atom stereocenters. The molecule has 2 atom stereocenters. The highest BCUT2D eigenvalue weighted by Crippen LogP contribution is 2.19. The zero-order valence-corrected chi connectivity index (χ0v) is 17.4. The third kappa shape index (κ3) is 12.7. The molecule has 152 valence electrons. The SMILES string of the molecule is C=C/C=C/[C@H]1OCCO[C@H]1CCCCCCCCCCCCCCCC. The van der Waals surface area contributed by atoms with E-state index in [1.165, 1.54) is 89.9 Å². The average molecular weight is 365 g/mol. The van der Waals surface area contributed by atoms with Crippen molar-refractivity contribution >= 4 is 0 Å². The summed E-state index contributed by atoms with van der Waals surface area (Å²) in [5.74, 6) is 0. The van der Waals surface area contributed by atoms with Crippen molar-refractivity contribution in [2.24, 2.45) is 0 Å². The van der Waals surface area contributed by atoms with E-state index in [0.29, 0.717) is 6.61 Å². The monoisotopic (exact) mass is 364 g/mol. The van der Waals surface area contributed by atoms with E-state index in [2.05, 4.69) is 19.6 Å². The van der Waals surface area contributed by atoms with Gasteiger partial charge in [0, 0.05) is 0 Å². The molecule has 1 aliphatic rings. The fourth-order valence-electron chi connectivity index (χ4n) is 3.74. The lowest BCUT2D eigenvalue weighted by atomic mass is 10.0. The minimum atomic E-state index is 0.115. The summed E-state index contributed by atoms with van der Waals surface area (Å²) in [7, 11) is 0. The second-order valence-corrected chi connectivity index (χ2v) is 7.75. The van der Waals surface area contributed by atoms with Crippen LogP contribution in [0.2, 0.25) is 0 Å². The van der Waals surface area contributed by atoms with Crippen molar-refractivity contribution < 1.29 is 9.47 Å². The summed E-state index contributed by atoms with van der Waals surface area (Å²) >= 11 is 0. The van der Waals surface area contributed by atoms with Crippen LogP contribution in [-0.2, 0) is 9.47 Å². The Morgan fingerprint density at radius 1 is 0.731 bits per heavy atom. The molecule has 0 spiro atoms. The summed E-state index contributed by atoms with van der Waals surface area (Å²) in [6.07, 6.45) is 27.0. The Morgan fingerprint density at radius 2 is 1.23 bits per heavy atom. The Kier molecular flexibility index (Phi) is 16.0. The van der Waals surface area contributed by atoms with Gasteiger partial charge in [0.1, 0.15) is 6.10 Å². The lowest BCUT2D eigenvalue weighted by Gasteiger charge is -2.30. The summed E-state index contributed by atoms with van der Waals surface area (Å²) in [6.45, 7) is 7.46. The molecule has 1 aliphatic heterocycles. The van der Waals surface area contributed by atoms with Gasteiger partial charge in [-0.05, 0) is 6.42 Å². The van der Waals surface area contributed by atoms with Crippen LogP contribution in [0, 0.1) is 0 Å². The van der Waals surface area contributed by atoms with Gasteiger partial charge in [-0.15, -0.1) is 0 Å². The molecular formula is C24H44O2. The summed E-state index contributed by atoms with van der Waals surface area (Å²) in [5.41, 5.74) is 0. The minimum Gasteiger partial charge on any atom is -0.373 e. The van der Waals surface area contributed by atoms with Crippen molar-refractivity contribution in [3.8, 4) is 0 Å². The van der Waals surface area contributed by atoms with Gasteiger partial charge in [-0.2, -0.15) is 0 Å². The van der Waals surface area contributed by atoms with Crippen molar-refractivity contribution in [3.63, 3.8) is 0 Å². The maximum atomic E-state index is 5.89. The summed E-state index contributed by atoms with van der Waals surface area (Å²) in [4.78, 5) is 0. The molecule has 2 heteroatoms. The molecule has 1 rings (SSSR count). The fraction of sp³-hybridized carbons (Fsp3) is 0.833. The summed E-state index contributed by atoms with van der Waals surface area (Å²) < 4.78 is 11.7. The van der Waals surface area contributed by atoms with Crippen molar-refractivity contribution in [3.05, 3.63) is 24.8 Å². The molecule has 1 saturated heterocycles. The van der Waals surface area contributed by atoms with E-state index in [1.54, 1.807) is 0 Å². The maximum absolute atomic E-state index is 5.89. The van der Waals surface area contributed by atoms with Gasteiger partial charge in [-0.1, -0.05) is 122 Å². The van der Waals surface area contributed by atoms with Crippen LogP contribution >= 0.6 is 0 Å². The van der Waals surface area contributed by atoms with E-state index < -0.39 is 0 Å². The Bertz CT molecular complexity index is 337. The second-order valence-electron chi connectivity index (χ2n) is 7.75. The molecule has 1 heterocycles. The highest BCUT2D eigenvalue weighted by atomic mass is 16.6. The molecule has 0 aromatic heterocycles. The highest BCUT2D eigenvalue weighted by Gasteiger charge is 2.23. The molecule has 0 aromatic rings. The lowest BCUT2D eigenvalue weighted by Crippen LogP contribution is -2.37. The van der Waals surface area contributed by atoms with E-state index in [-0.39, 0.29) is 12.2 Å². The van der Waals surface area contributed by atoms with Gasteiger partial charge in [0.05, 0.1) is 19.3 Å². The summed E-state index contributed by atoms with van der Waals surface area (Å²) in [5, 5.41) is 0. The number of rotatable bonds is 17. The van der Waals surface area contributed by atoms with Crippen molar-refractivity contribution in [2.75, 3.05) is 13.2 Å². The van der Waals surface area contributed by atoms with Gasteiger partial charge in [0.2, 0.25) is 0 Å². The molecular weight excluding hydrogens is 320 g/mol. The number of ether oxygens (including phenoxy) is 2. The molecule has 26 heavy (non-hydrogen) atoms. The largest absolute Gasteiger partial charge is 0.373 e. The Balaban J connectivity index is 1.87. The molecule has 0 N–H and O–H groups in total. The minimum absolute atomic E-state index is 0.115. The molecule has 2 nitrogen and oxygen atoms in total.